The molecule has 0 spiro atoms. The van der Waals surface area contributed by atoms with E-state index in [-0.39, 0.29) is 60.9 Å². The number of benzene rings is 3. The van der Waals surface area contributed by atoms with Gasteiger partial charge in [-0.25, -0.2) is 14.4 Å². The van der Waals surface area contributed by atoms with Gasteiger partial charge < -0.3 is 75.4 Å². The van der Waals surface area contributed by atoms with Crippen LogP contribution in [0.15, 0.2) is 59.7 Å². The molecule has 103 heavy (non-hydrogen) atoms. The van der Waals surface area contributed by atoms with E-state index < -0.39 is 46.5 Å². The van der Waals surface area contributed by atoms with E-state index in [1.54, 1.807) is 23.9 Å². The largest absolute Gasteiger partial charge is 0.444 e. The summed E-state index contributed by atoms with van der Waals surface area (Å²) in [4.78, 5) is 112. The van der Waals surface area contributed by atoms with E-state index in [9.17, 15) is 38.4 Å². The van der Waals surface area contributed by atoms with Gasteiger partial charge in [0.25, 0.3) is 0 Å². The highest BCUT2D eigenvalue weighted by Gasteiger charge is 2.52. The van der Waals surface area contributed by atoms with Crippen LogP contribution in [0.25, 0.3) is 10.4 Å². The number of carbonyl (C=O) groups is 8. The lowest BCUT2D eigenvalue weighted by Gasteiger charge is -2.51. The van der Waals surface area contributed by atoms with E-state index in [1.807, 2.05) is 98.7 Å². The van der Waals surface area contributed by atoms with E-state index >= 15 is 0 Å². The van der Waals surface area contributed by atoms with Crippen molar-refractivity contribution in [3.8, 4) is 0 Å². The first-order valence-electron chi connectivity index (χ1n) is 37.3. The molecule has 0 aromatic heterocycles. The van der Waals surface area contributed by atoms with Gasteiger partial charge in [0.1, 0.15) is 16.8 Å². The number of unbranched alkanes of at least 4 members (excludes halogenated alkanes) is 12. The summed E-state index contributed by atoms with van der Waals surface area (Å²) < 4.78 is 33.5. The van der Waals surface area contributed by atoms with Crippen molar-refractivity contribution in [1.29, 1.82) is 0 Å². The average molecular weight is 1440 g/mol. The summed E-state index contributed by atoms with van der Waals surface area (Å²) in [5, 5.41) is 24.9. The van der Waals surface area contributed by atoms with Crippen molar-refractivity contribution in [3.05, 3.63) is 98.4 Å². The molecule has 4 aliphatic rings. The molecule has 1 heterocycles. The molecule has 8 amide bonds. The van der Waals surface area contributed by atoms with E-state index in [2.05, 4.69) is 65.4 Å². The summed E-state index contributed by atoms with van der Waals surface area (Å²) >= 11 is 0. The summed E-state index contributed by atoms with van der Waals surface area (Å²) in [7, 11) is 3.47. The predicted octanol–water partition coefficient (Wildman–Crippen LogP) is 13.0. The molecule has 2 atom stereocenters. The second-order valence-corrected chi connectivity index (χ2v) is 30.2. The summed E-state index contributed by atoms with van der Waals surface area (Å²) in [5.74, 6) is -0.857. The third-order valence-electron chi connectivity index (χ3n) is 18.1. The normalized spacial score (nSPS) is 16.4. The van der Waals surface area contributed by atoms with Crippen molar-refractivity contribution in [2.75, 3.05) is 109 Å². The van der Waals surface area contributed by atoms with Crippen LogP contribution >= 0.6 is 0 Å². The lowest BCUT2D eigenvalue weighted by molar-refractivity contribution is -0.132. The molecule has 1 unspecified atom stereocenters. The summed E-state index contributed by atoms with van der Waals surface area (Å²) in [6.45, 7) is 21.0. The smallest absolute Gasteiger partial charge is 0.407 e. The fourth-order valence-corrected chi connectivity index (χ4v) is 13.1. The minimum Gasteiger partial charge on any atom is -0.444 e. The van der Waals surface area contributed by atoms with Crippen molar-refractivity contribution < 1.29 is 66.8 Å². The van der Waals surface area contributed by atoms with Crippen LogP contribution in [-0.2, 0) is 57.8 Å². The number of alkyl carbamates (subject to hydrolysis) is 3. The second kappa shape index (κ2) is 42.1. The summed E-state index contributed by atoms with van der Waals surface area (Å²) in [6.07, 6.45) is 12.7. The first-order chi connectivity index (χ1) is 49.0. The minimum absolute atomic E-state index is 0.0790. The van der Waals surface area contributed by atoms with Crippen molar-refractivity contribution in [1.82, 2.24) is 31.1 Å². The van der Waals surface area contributed by atoms with Gasteiger partial charge in [-0.05, 0) is 189 Å². The zero-order valence-corrected chi connectivity index (χ0v) is 63.2. The van der Waals surface area contributed by atoms with E-state index in [0.717, 1.165) is 110 Å². The molecule has 0 radical (unpaired) electrons. The van der Waals surface area contributed by atoms with Gasteiger partial charge in [0, 0.05) is 112 Å². The molecular formula is C77H118N12O14. The Morgan fingerprint density at radius 1 is 0.495 bits per heavy atom. The number of rotatable bonds is 44. The number of azide groups is 1. The maximum absolute atomic E-state index is 14.7. The molecule has 3 aliphatic carbocycles. The quantitative estimate of drug-likeness (QED) is 0.00909. The highest BCUT2D eigenvalue weighted by atomic mass is 16.6. The van der Waals surface area contributed by atoms with Crippen LogP contribution in [0, 0.1) is 0 Å². The number of anilines is 3. The number of ether oxygens (including phenoxy) is 6. The molecule has 1 fully saturated rings. The van der Waals surface area contributed by atoms with Crippen molar-refractivity contribution >= 4 is 64.9 Å². The van der Waals surface area contributed by atoms with Crippen LogP contribution in [0.2, 0.25) is 0 Å². The molecular weight excluding hydrogens is 1320 g/mol. The number of likely N-dealkylation sites (N-methyl/N-ethyl adjacent to an activating group) is 2. The maximum Gasteiger partial charge on any atom is 0.407 e. The van der Waals surface area contributed by atoms with Gasteiger partial charge in [-0.3, -0.25) is 24.0 Å². The summed E-state index contributed by atoms with van der Waals surface area (Å²) in [6, 6.07) is 17.5. The lowest BCUT2D eigenvalue weighted by atomic mass is 9.51. The van der Waals surface area contributed by atoms with Crippen LogP contribution in [0.5, 0.6) is 0 Å². The number of hydrogen-bond donors (Lipinski definition) is 7. The molecule has 570 valence electrons. The van der Waals surface area contributed by atoms with Crippen molar-refractivity contribution in [2.45, 2.75) is 237 Å². The number of amides is 8. The molecule has 1 aliphatic heterocycles. The SMILES string of the molecule is CN(CCOCCOCCOCCN(C)C(=O)[C@@H]1CC(N=[N+]=[N-])CN1)C(=O)CCC12c3cc(NC(=O)CCCCCCCNC(=O)OC(C)(C)C)ccc3C(c3ccc(NC(=O)CCCCCCCNC(=O)OC(C)(C)C)cc31)c1ccc(NC(=O)CCCCCCCNC(=O)OC(C)(C)C)cc12. The number of nitrogens with zero attached hydrogens (tertiary/aromatic N) is 5. The first-order valence-corrected chi connectivity index (χ1v) is 37.3. The molecule has 26 heteroatoms. The molecule has 2 bridgehead atoms. The number of carbonyl (C=O) groups excluding carboxylic acids is 8. The zero-order valence-electron chi connectivity index (χ0n) is 63.2. The van der Waals surface area contributed by atoms with E-state index in [0.29, 0.717) is 134 Å². The molecule has 1 saturated heterocycles. The third kappa shape index (κ3) is 29.2. The van der Waals surface area contributed by atoms with Crippen LogP contribution in [-0.4, -0.2) is 180 Å². The highest BCUT2D eigenvalue weighted by Crippen LogP contribution is 2.62. The van der Waals surface area contributed by atoms with Crippen LogP contribution in [0.1, 0.15) is 236 Å². The molecule has 7 N–H and O–H groups in total. The maximum atomic E-state index is 14.7. The van der Waals surface area contributed by atoms with Gasteiger partial charge in [0.05, 0.1) is 51.7 Å². The van der Waals surface area contributed by atoms with Gasteiger partial charge in [-0.2, -0.15) is 0 Å². The van der Waals surface area contributed by atoms with Gasteiger partial charge in [-0.15, -0.1) is 0 Å². The molecule has 7 rings (SSSR count). The molecule has 26 nitrogen and oxygen atoms in total. The average Bonchev–Trinajstić information content (AvgIpc) is 0.879. The Labute approximate surface area is 610 Å². The molecule has 3 aromatic rings. The van der Waals surface area contributed by atoms with E-state index in [4.69, 9.17) is 34.0 Å². The van der Waals surface area contributed by atoms with Crippen molar-refractivity contribution in [2.24, 2.45) is 5.11 Å². The van der Waals surface area contributed by atoms with E-state index in [1.165, 1.54) is 0 Å². The van der Waals surface area contributed by atoms with Crippen molar-refractivity contribution in [3.63, 3.8) is 0 Å². The standard InChI is InChI=1S/C77H118N12O14/c1-74(2,3)101-71(95)79-38-24-18-12-15-21-27-65(90)83-54-30-33-58-61(49-54)77(37-36-68(93)88(10)41-43-98-45-47-100-48-46-99-44-42-89(11)70(94)64-52-57(53-82-64)86-87-78)62-50-55(84-66(91)28-22-16-13-19-25-39-80-72(96)102-75(4,5)6)31-34-59(62)69(58)60-35-32-56(51-63(60)77)85-67(92)29-23-17-14-20-26-40-81-73(97)103-76(7,8)9/h30-35,49-51,57,64,69,82H,12-29,36-48,52-53H2,1-11H3,(H,79,95)(H,80,96)(H,81,97)(H,83,90)(H,84,91)(H,85,92)/t57?,64-,69?,77?/m0/s1. The van der Waals surface area contributed by atoms with Gasteiger partial charge in [-0.1, -0.05) is 81.1 Å². The Kier molecular flexibility index (Phi) is 34.3. The highest BCUT2D eigenvalue weighted by molar-refractivity contribution is 5.94. The Hall–Kier alpha value is -8.03. The monoisotopic (exact) mass is 1430 g/mol. The number of hydrogen-bond acceptors (Lipinski definition) is 16. The Bertz CT molecular complexity index is 3060. The van der Waals surface area contributed by atoms with Crippen LogP contribution < -0.4 is 37.2 Å². The van der Waals surface area contributed by atoms with Crippen LogP contribution in [0.3, 0.4) is 0 Å². The fourth-order valence-electron chi connectivity index (χ4n) is 13.1. The lowest BCUT2D eigenvalue weighted by Crippen LogP contribution is -2.43. The zero-order chi connectivity index (χ0) is 75.0. The van der Waals surface area contributed by atoms with Crippen LogP contribution in [0.4, 0.5) is 31.4 Å². The summed E-state index contributed by atoms with van der Waals surface area (Å²) in [5.41, 5.74) is 13.6. The Morgan fingerprint density at radius 3 is 1.21 bits per heavy atom. The number of nitrogens with one attached hydrogen (secondary N) is 7. The first kappa shape index (κ1) is 83.9. The van der Waals surface area contributed by atoms with Gasteiger partial charge >= 0.3 is 18.3 Å². The van der Waals surface area contributed by atoms with Gasteiger partial charge in [0.2, 0.25) is 29.5 Å². The molecule has 0 saturated carbocycles. The second-order valence-electron chi connectivity index (χ2n) is 30.2. The fraction of sp³-hybridized carbons (Fsp3) is 0.662. The minimum atomic E-state index is -1.03. The third-order valence-corrected chi connectivity index (χ3v) is 18.1. The topological polar surface area (TPSA) is 331 Å². The molecule has 3 aromatic carbocycles. The van der Waals surface area contributed by atoms with Gasteiger partial charge in [0.15, 0.2) is 0 Å². The predicted molar refractivity (Wildman–Crippen MR) is 398 cm³/mol. The Morgan fingerprint density at radius 2 is 0.845 bits per heavy atom. The Balaban J connectivity index is 1.15.